The van der Waals surface area contributed by atoms with Crippen molar-refractivity contribution < 1.29 is 4.79 Å². The molecule has 1 amide bonds. The summed E-state index contributed by atoms with van der Waals surface area (Å²) in [5.41, 5.74) is 1.48. The molecule has 1 rings (SSSR count). The SMILES string of the molecule is CNn1c(C)nn(C(=O)NC(C)(C)CCl)c1=O. The van der Waals surface area contributed by atoms with E-state index in [1.807, 2.05) is 0 Å². The molecule has 0 bridgehead atoms. The predicted octanol–water partition coefficient (Wildman–Crippen LogP) is 0.102. The third-order valence-electron chi connectivity index (χ3n) is 2.14. The maximum atomic E-state index is 11.8. The Balaban J connectivity index is 3.03. The summed E-state index contributed by atoms with van der Waals surface area (Å²) in [6.07, 6.45) is 0. The van der Waals surface area contributed by atoms with Crippen LogP contribution >= 0.6 is 11.6 Å². The van der Waals surface area contributed by atoms with Gasteiger partial charge in [0.1, 0.15) is 0 Å². The maximum Gasteiger partial charge on any atom is 0.373 e. The van der Waals surface area contributed by atoms with Crippen molar-refractivity contribution in [3.05, 3.63) is 16.3 Å². The zero-order valence-corrected chi connectivity index (χ0v) is 11.0. The molecule has 0 aliphatic heterocycles. The highest BCUT2D eigenvalue weighted by atomic mass is 35.5. The van der Waals surface area contributed by atoms with E-state index in [2.05, 4.69) is 15.8 Å². The zero-order chi connectivity index (χ0) is 13.2. The van der Waals surface area contributed by atoms with Gasteiger partial charge in [-0.25, -0.2) is 9.59 Å². The minimum Gasteiger partial charge on any atom is -0.330 e. The second-order valence-electron chi connectivity index (χ2n) is 4.25. The summed E-state index contributed by atoms with van der Waals surface area (Å²) >= 11 is 5.69. The highest BCUT2D eigenvalue weighted by Gasteiger charge is 2.23. The molecule has 0 saturated carbocycles. The van der Waals surface area contributed by atoms with Gasteiger partial charge in [-0.3, -0.25) is 0 Å². The molecule has 2 N–H and O–H groups in total. The topological polar surface area (TPSA) is 81.0 Å². The number of hydrogen-bond donors (Lipinski definition) is 2. The Morgan fingerprint density at radius 2 is 2.12 bits per heavy atom. The fraction of sp³-hybridized carbons (Fsp3) is 0.667. The Bertz CT molecular complexity index is 476. The zero-order valence-electron chi connectivity index (χ0n) is 10.2. The molecule has 8 heteroatoms. The summed E-state index contributed by atoms with van der Waals surface area (Å²) in [7, 11) is 1.57. The van der Waals surface area contributed by atoms with Crippen molar-refractivity contribution in [2.75, 3.05) is 18.4 Å². The van der Waals surface area contributed by atoms with Gasteiger partial charge in [-0.05, 0) is 20.8 Å². The number of aromatic nitrogens is 3. The van der Waals surface area contributed by atoms with E-state index >= 15 is 0 Å². The molecular weight excluding hydrogens is 246 g/mol. The average molecular weight is 262 g/mol. The van der Waals surface area contributed by atoms with E-state index in [-0.39, 0.29) is 5.88 Å². The Kier molecular flexibility index (Phi) is 3.82. The van der Waals surface area contributed by atoms with Crippen LogP contribution in [0.3, 0.4) is 0 Å². The first-order valence-corrected chi connectivity index (χ1v) is 5.61. The summed E-state index contributed by atoms with van der Waals surface area (Å²) in [5.74, 6) is 0.635. The van der Waals surface area contributed by atoms with E-state index in [9.17, 15) is 9.59 Å². The normalized spacial score (nSPS) is 11.4. The molecule has 0 aliphatic carbocycles. The van der Waals surface area contributed by atoms with Gasteiger partial charge in [0.05, 0.1) is 0 Å². The molecule has 0 atom stereocenters. The smallest absolute Gasteiger partial charge is 0.330 e. The number of hydrogen-bond acceptors (Lipinski definition) is 4. The van der Waals surface area contributed by atoms with Crippen molar-refractivity contribution in [3.63, 3.8) is 0 Å². The number of nitrogens with one attached hydrogen (secondary N) is 2. The summed E-state index contributed by atoms with van der Waals surface area (Å²) < 4.78 is 1.94. The third kappa shape index (κ3) is 2.79. The van der Waals surface area contributed by atoms with Crippen LogP contribution in [0.25, 0.3) is 0 Å². The summed E-state index contributed by atoms with van der Waals surface area (Å²) in [6.45, 7) is 5.13. The van der Waals surface area contributed by atoms with Crippen LogP contribution in [0.4, 0.5) is 4.79 Å². The van der Waals surface area contributed by atoms with Crippen LogP contribution in [0.5, 0.6) is 0 Å². The minimum absolute atomic E-state index is 0.235. The first-order valence-electron chi connectivity index (χ1n) is 5.07. The van der Waals surface area contributed by atoms with E-state index in [1.54, 1.807) is 27.8 Å². The molecule has 0 radical (unpaired) electrons. The molecule has 96 valence electrons. The molecule has 7 nitrogen and oxygen atoms in total. The van der Waals surface area contributed by atoms with Crippen molar-refractivity contribution in [2.24, 2.45) is 0 Å². The van der Waals surface area contributed by atoms with Gasteiger partial charge in [0, 0.05) is 18.5 Å². The maximum absolute atomic E-state index is 11.8. The number of alkyl halides is 1. The summed E-state index contributed by atoms with van der Waals surface area (Å²) in [6, 6.07) is -0.599. The molecule has 0 fully saturated rings. The molecule has 0 saturated heterocycles. The van der Waals surface area contributed by atoms with E-state index < -0.39 is 17.3 Å². The Labute approximate surface area is 104 Å². The van der Waals surface area contributed by atoms with Crippen molar-refractivity contribution in [3.8, 4) is 0 Å². The van der Waals surface area contributed by atoms with Gasteiger partial charge in [0.15, 0.2) is 5.82 Å². The van der Waals surface area contributed by atoms with E-state index in [0.717, 1.165) is 4.68 Å². The predicted molar refractivity (Wildman–Crippen MR) is 65.2 cm³/mol. The highest BCUT2D eigenvalue weighted by molar-refractivity contribution is 6.18. The van der Waals surface area contributed by atoms with Gasteiger partial charge < -0.3 is 10.7 Å². The van der Waals surface area contributed by atoms with Crippen LogP contribution in [0.2, 0.25) is 0 Å². The molecule has 0 aromatic carbocycles. The molecular formula is C9H16ClN5O2. The number of nitrogens with zero attached hydrogens (tertiary/aromatic N) is 3. The fourth-order valence-electron chi connectivity index (χ4n) is 1.23. The van der Waals surface area contributed by atoms with Crippen molar-refractivity contribution in [1.82, 2.24) is 19.8 Å². The molecule has 17 heavy (non-hydrogen) atoms. The van der Waals surface area contributed by atoms with E-state index in [0.29, 0.717) is 5.82 Å². The number of halogens is 1. The van der Waals surface area contributed by atoms with Crippen molar-refractivity contribution in [2.45, 2.75) is 26.3 Å². The first kappa shape index (κ1) is 13.6. The van der Waals surface area contributed by atoms with Crippen LogP contribution in [0.15, 0.2) is 4.79 Å². The number of carbonyl (C=O) groups excluding carboxylic acids is 1. The molecule has 1 heterocycles. The third-order valence-corrected chi connectivity index (χ3v) is 2.80. The lowest BCUT2D eigenvalue weighted by Crippen LogP contribution is -2.49. The Hall–Kier alpha value is -1.50. The minimum atomic E-state index is -0.602. The van der Waals surface area contributed by atoms with Gasteiger partial charge in [0.25, 0.3) is 0 Å². The van der Waals surface area contributed by atoms with Crippen LogP contribution < -0.4 is 16.4 Å². The molecule has 1 aromatic rings. The molecule has 1 aromatic heterocycles. The second kappa shape index (κ2) is 4.79. The second-order valence-corrected chi connectivity index (χ2v) is 4.52. The fourth-order valence-corrected chi connectivity index (χ4v) is 1.30. The number of rotatable bonds is 3. The van der Waals surface area contributed by atoms with Gasteiger partial charge >= 0.3 is 11.7 Å². The van der Waals surface area contributed by atoms with Gasteiger partial charge in [-0.15, -0.1) is 21.4 Å². The quantitative estimate of drug-likeness (QED) is 0.757. The lowest BCUT2D eigenvalue weighted by Gasteiger charge is -2.22. The highest BCUT2D eigenvalue weighted by Crippen LogP contribution is 2.04. The van der Waals surface area contributed by atoms with Gasteiger partial charge in [0.2, 0.25) is 0 Å². The van der Waals surface area contributed by atoms with Crippen LogP contribution in [-0.4, -0.2) is 39.0 Å². The summed E-state index contributed by atoms with van der Waals surface area (Å²) in [5, 5.41) is 6.47. The van der Waals surface area contributed by atoms with Gasteiger partial charge in [-0.1, -0.05) is 0 Å². The number of aryl methyl sites for hydroxylation is 1. The van der Waals surface area contributed by atoms with Crippen molar-refractivity contribution in [1.29, 1.82) is 0 Å². The Morgan fingerprint density at radius 3 is 2.53 bits per heavy atom. The largest absolute Gasteiger partial charge is 0.373 e. The summed E-state index contributed by atoms with van der Waals surface area (Å²) in [4.78, 5) is 23.6. The van der Waals surface area contributed by atoms with E-state index in [1.165, 1.54) is 4.68 Å². The van der Waals surface area contributed by atoms with Crippen LogP contribution in [0, 0.1) is 6.92 Å². The van der Waals surface area contributed by atoms with Crippen LogP contribution in [0.1, 0.15) is 19.7 Å². The molecule has 0 spiro atoms. The van der Waals surface area contributed by atoms with Crippen LogP contribution in [-0.2, 0) is 0 Å². The average Bonchev–Trinajstić information content (AvgIpc) is 2.53. The number of amides is 1. The van der Waals surface area contributed by atoms with Gasteiger partial charge in [-0.2, -0.15) is 4.68 Å². The monoisotopic (exact) mass is 261 g/mol. The molecule has 0 unspecified atom stereocenters. The standard InChI is InChI=1S/C9H16ClN5O2/c1-6-13-15(8(17)14(6)11-4)7(16)12-9(2,3)5-10/h11H,5H2,1-4H3,(H,12,16). The lowest BCUT2D eigenvalue weighted by atomic mass is 10.1. The Morgan fingerprint density at radius 1 is 1.53 bits per heavy atom. The van der Waals surface area contributed by atoms with Crippen molar-refractivity contribution >= 4 is 17.6 Å². The lowest BCUT2D eigenvalue weighted by molar-refractivity contribution is 0.230. The van der Waals surface area contributed by atoms with E-state index in [4.69, 9.17) is 11.6 Å². The molecule has 0 aliphatic rings. The number of carbonyl (C=O) groups is 1. The first-order chi connectivity index (χ1) is 7.82.